The molecule has 3 heterocycles. The van der Waals surface area contributed by atoms with Gasteiger partial charge in [-0.15, -0.1) is 0 Å². The van der Waals surface area contributed by atoms with Gasteiger partial charge in [0.15, 0.2) is 5.69 Å². The molecule has 0 saturated carbocycles. The Hall–Kier alpha value is -3.32. The molecule has 1 atom stereocenters. The first-order valence-electron chi connectivity index (χ1n) is 13.5. The van der Waals surface area contributed by atoms with Crippen molar-refractivity contribution in [3.8, 4) is 0 Å². The fourth-order valence-corrected chi connectivity index (χ4v) is 4.43. The number of pyridine rings is 1. The van der Waals surface area contributed by atoms with E-state index in [4.69, 9.17) is 9.72 Å². The minimum Gasteiger partial charge on any atom is -0.480 e. The second-order valence-corrected chi connectivity index (χ2v) is 9.99. The van der Waals surface area contributed by atoms with E-state index < -0.39 is 35.4 Å². The zero-order valence-corrected chi connectivity index (χ0v) is 22.8. The number of carboxylic acid groups (broad SMARTS) is 1. The van der Waals surface area contributed by atoms with E-state index >= 15 is 0 Å². The number of halogens is 3. The third-order valence-corrected chi connectivity index (χ3v) is 6.53. The molecule has 1 aliphatic heterocycles. The number of amides is 1. The van der Waals surface area contributed by atoms with E-state index in [0.717, 1.165) is 56.4 Å². The van der Waals surface area contributed by atoms with Crippen molar-refractivity contribution in [2.45, 2.75) is 70.7 Å². The summed E-state index contributed by atoms with van der Waals surface area (Å²) in [4.78, 5) is 37.8. The Morgan fingerprint density at radius 3 is 2.73 bits per heavy atom. The van der Waals surface area contributed by atoms with Crippen molar-refractivity contribution < 1.29 is 32.6 Å². The number of alkyl halides is 3. The number of fused-ring (bicyclic) bond motifs is 1. The molecule has 0 fully saturated rings. The van der Waals surface area contributed by atoms with E-state index in [9.17, 15) is 27.9 Å². The zero-order valence-electron chi connectivity index (χ0n) is 22.8. The van der Waals surface area contributed by atoms with Gasteiger partial charge in [0.2, 0.25) is 0 Å². The number of unbranched alkanes of at least 4 members (excludes halogenated alkanes) is 1. The molecule has 0 aliphatic carbocycles. The van der Waals surface area contributed by atoms with Crippen molar-refractivity contribution in [2.75, 3.05) is 38.1 Å². The molecule has 1 unspecified atom stereocenters. The number of anilines is 1. The molecule has 0 radical (unpaired) electrons. The van der Waals surface area contributed by atoms with Crippen molar-refractivity contribution in [3.05, 3.63) is 47.2 Å². The average Bonchev–Trinajstić information content (AvgIpc) is 2.91. The van der Waals surface area contributed by atoms with E-state index in [1.165, 1.54) is 5.56 Å². The minimum absolute atomic E-state index is 0.00413. The Labute approximate surface area is 231 Å². The second kappa shape index (κ2) is 14.9. The SMILES string of the molecule is CC(C)OCCN(CCCCc1ccc2c(n1)NCCC2)CCC(NC(=O)c1cncnc1C(F)(F)F)C(=O)O. The lowest BCUT2D eigenvalue weighted by atomic mass is 10.1. The summed E-state index contributed by atoms with van der Waals surface area (Å²) in [6.45, 7) is 6.72. The molecular weight excluding hydrogens is 529 g/mol. The predicted molar refractivity (Wildman–Crippen MR) is 142 cm³/mol. The van der Waals surface area contributed by atoms with Gasteiger partial charge < -0.3 is 25.4 Å². The van der Waals surface area contributed by atoms with Gasteiger partial charge in [0.05, 0.1) is 18.3 Å². The number of aromatic nitrogens is 3. The zero-order chi connectivity index (χ0) is 29.1. The lowest BCUT2D eigenvalue weighted by molar-refractivity contribution is -0.141. The van der Waals surface area contributed by atoms with Crippen LogP contribution in [0, 0.1) is 0 Å². The average molecular weight is 567 g/mol. The molecule has 3 N–H and O–H groups in total. The second-order valence-electron chi connectivity index (χ2n) is 9.99. The Balaban J connectivity index is 1.56. The van der Waals surface area contributed by atoms with E-state index in [1.807, 2.05) is 18.7 Å². The van der Waals surface area contributed by atoms with Gasteiger partial charge in [-0.3, -0.25) is 4.79 Å². The van der Waals surface area contributed by atoms with Gasteiger partial charge in [0.25, 0.3) is 5.91 Å². The highest BCUT2D eigenvalue weighted by atomic mass is 19.4. The first-order valence-corrected chi connectivity index (χ1v) is 13.5. The summed E-state index contributed by atoms with van der Waals surface area (Å²) in [5, 5.41) is 15.2. The van der Waals surface area contributed by atoms with Crippen LogP contribution >= 0.6 is 0 Å². The highest BCUT2D eigenvalue weighted by Gasteiger charge is 2.38. The maximum absolute atomic E-state index is 13.3. The van der Waals surface area contributed by atoms with E-state index in [2.05, 4.69) is 32.7 Å². The third-order valence-electron chi connectivity index (χ3n) is 6.53. The van der Waals surface area contributed by atoms with Crippen LogP contribution in [0.3, 0.4) is 0 Å². The number of ether oxygens (including phenoxy) is 1. The van der Waals surface area contributed by atoms with Gasteiger partial charge in [0, 0.05) is 31.5 Å². The number of carbonyl (C=O) groups is 2. The number of hydrogen-bond donors (Lipinski definition) is 3. The number of carboxylic acids is 1. The Kier molecular flexibility index (Phi) is 11.6. The van der Waals surface area contributed by atoms with Crippen molar-refractivity contribution in [1.29, 1.82) is 0 Å². The fourth-order valence-electron chi connectivity index (χ4n) is 4.43. The molecule has 0 spiro atoms. The van der Waals surface area contributed by atoms with E-state index in [0.29, 0.717) is 32.6 Å². The van der Waals surface area contributed by atoms with Gasteiger partial charge >= 0.3 is 12.1 Å². The highest BCUT2D eigenvalue weighted by molar-refractivity contribution is 5.97. The lowest BCUT2D eigenvalue weighted by Gasteiger charge is -2.25. The quantitative estimate of drug-likeness (QED) is 0.277. The molecule has 1 aliphatic rings. The molecule has 13 heteroatoms. The maximum Gasteiger partial charge on any atom is 0.434 e. The van der Waals surface area contributed by atoms with Crippen LogP contribution in [-0.2, 0) is 28.5 Å². The molecule has 40 heavy (non-hydrogen) atoms. The first-order chi connectivity index (χ1) is 19.0. The molecule has 0 saturated heterocycles. The lowest BCUT2D eigenvalue weighted by Crippen LogP contribution is -2.44. The van der Waals surface area contributed by atoms with Crippen molar-refractivity contribution in [1.82, 2.24) is 25.2 Å². The molecule has 2 aromatic heterocycles. The summed E-state index contributed by atoms with van der Waals surface area (Å²) in [7, 11) is 0. The van der Waals surface area contributed by atoms with Crippen LogP contribution in [-0.4, -0.2) is 81.8 Å². The number of aliphatic carboxylic acids is 1. The standard InChI is InChI=1S/C27H37F3N6O4/c1-18(2)40-15-14-36(12-4-3-7-20-9-8-19-6-5-11-32-24(19)34-20)13-10-22(26(38)39)35-25(37)21-16-31-17-33-23(21)27(28,29)30/h8-9,16-18,22H,3-7,10-15H2,1-2H3,(H,32,34)(H,35,37)(H,38,39). The molecule has 10 nitrogen and oxygen atoms in total. The van der Waals surface area contributed by atoms with Gasteiger partial charge in [-0.2, -0.15) is 13.2 Å². The Bertz CT molecular complexity index is 1130. The summed E-state index contributed by atoms with van der Waals surface area (Å²) in [5.74, 6) is -1.58. The minimum atomic E-state index is -4.88. The molecule has 0 aromatic carbocycles. The summed E-state index contributed by atoms with van der Waals surface area (Å²) in [5.41, 5.74) is 0.00987. The van der Waals surface area contributed by atoms with Gasteiger partial charge in [-0.05, 0) is 70.5 Å². The fraction of sp³-hybridized carbons (Fsp3) is 0.593. The van der Waals surface area contributed by atoms with Crippen molar-refractivity contribution >= 4 is 17.7 Å². The highest BCUT2D eigenvalue weighted by Crippen LogP contribution is 2.29. The maximum atomic E-state index is 13.3. The third kappa shape index (κ3) is 9.70. The van der Waals surface area contributed by atoms with Crippen LogP contribution in [0.1, 0.15) is 66.8 Å². The smallest absolute Gasteiger partial charge is 0.434 e. The normalized spacial score (nSPS) is 14.1. The van der Waals surface area contributed by atoms with Crippen molar-refractivity contribution in [2.24, 2.45) is 0 Å². The van der Waals surface area contributed by atoms with Gasteiger partial charge in [-0.1, -0.05) is 6.07 Å². The topological polar surface area (TPSA) is 130 Å². The molecule has 220 valence electrons. The number of carbonyl (C=O) groups excluding carboxylic acids is 1. The summed E-state index contributed by atoms with van der Waals surface area (Å²) in [6, 6.07) is 2.79. The summed E-state index contributed by atoms with van der Waals surface area (Å²) < 4.78 is 45.4. The number of aryl methyl sites for hydroxylation is 2. The molecule has 0 bridgehead atoms. The van der Waals surface area contributed by atoms with Crippen LogP contribution in [0.2, 0.25) is 0 Å². The van der Waals surface area contributed by atoms with Crippen LogP contribution in [0.15, 0.2) is 24.7 Å². The summed E-state index contributed by atoms with van der Waals surface area (Å²) >= 11 is 0. The van der Waals surface area contributed by atoms with Crippen LogP contribution < -0.4 is 10.6 Å². The number of hydrogen-bond acceptors (Lipinski definition) is 8. The predicted octanol–water partition coefficient (Wildman–Crippen LogP) is 3.57. The molecule has 2 aromatic rings. The Morgan fingerprint density at radius 1 is 1.20 bits per heavy atom. The van der Waals surface area contributed by atoms with Crippen LogP contribution in [0.5, 0.6) is 0 Å². The van der Waals surface area contributed by atoms with E-state index in [1.54, 1.807) is 0 Å². The first kappa shape index (κ1) is 31.2. The van der Waals surface area contributed by atoms with Gasteiger partial charge in [0.1, 0.15) is 18.2 Å². The number of nitrogens with one attached hydrogen (secondary N) is 2. The Morgan fingerprint density at radius 2 is 2.00 bits per heavy atom. The van der Waals surface area contributed by atoms with Crippen LogP contribution in [0.4, 0.5) is 19.0 Å². The largest absolute Gasteiger partial charge is 0.480 e. The van der Waals surface area contributed by atoms with Crippen LogP contribution in [0.25, 0.3) is 0 Å². The van der Waals surface area contributed by atoms with Gasteiger partial charge in [-0.25, -0.2) is 19.7 Å². The monoisotopic (exact) mass is 566 g/mol. The van der Waals surface area contributed by atoms with Crippen molar-refractivity contribution in [3.63, 3.8) is 0 Å². The molecular formula is C27H37F3N6O4. The molecule has 3 rings (SSSR count). The number of rotatable bonds is 15. The van der Waals surface area contributed by atoms with E-state index in [-0.39, 0.29) is 12.5 Å². The number of nitrogens with zero attached hydrogens (tertiary/aromatic N) is 4. The summed E-state index contributed by atoms with van der Waals surface area (Å²) in [6.07, 6.45) is 1.21. The molecule has 1 amide bonds.